The monoisotopic (exact) mass is 530 g/mol. The van der Waals surface area contributed by atoms with E-state index in [0.29, 0.717) is 5.82 Å². The summed E-state index contributed by atoms with van der Waals surface area (Å²) in [6.45, 7) is 7.89. The Labute approximate surface area is 225 Å². The van der Waals surface area contributed by atoms with E-state index < -0.39 is 0 Å². The lowest BCUT2D eigenvalue weighted by Crippen LogP contribution is -2.44. The first kappa shape index (κ1) is 25.3. The number of anilines is 1. The standard InChI is InChI=1S/C29H30N4O2S2/c1-18(2)30-24(34)16-32-25(35)17-37-28(23-11-8-14-36-23)26-27(21-9-6-5-7-10-21)31-33(29(26)32)22-13-12-19(3)15-20(22)4/h5-15,18,28H,16-17H2,1-4H3,(H,30,34). The number of carbonyl (C=O) groups excluding carboxylic acids is 2. The summed E-state index contributed by atoms with van der Waals surface area (Å²) in [4.78, 5) is 29.5. The van der Waals surface area contributed by atoms with Gasteiger partial charge in [-0.1, -0.05) is 54.1 Å². The molecule has 1 N–H and O–H groups in total. The largest absolute Gasteiger partial charge is 0.352 e. The second-order valence-corrected chi connectivity index (χ2v) is 11.6. The lowest BCUT2D eigenvalue weighted by Gasteiger charge is -2.24. The molecular formula is C29H30N4O2S2. The minimum Gasteiger partial charge on any atom is -0.352 e. The number of hydrogen-bond acceptors (Lipinski definition) is 5. The molecule has 1 unspecified atom stereocenters. The van der Waals surface area contributed by atoms with Crippen LogP contribution in [0.1, 0.15) is 40.7 Å². The maximum absolute atomic E-state index is 13.7. The summed E-state index contributed by atoms with van der Waals surface area (Å²) in [5.41, 5.74) is 5.85. The lowest BCUT2D eigenvalue weighted by molar-refractivity contribution is -0.123. The minimum atomic E-state index is -0.191. The molecule has 2 aromatic heterocycles. The van der Waals surface area contributed by atoms with Crippen molar-refractivity contribution in [3.8, 4) is 16.9 Å². The van der Waals surface area contributed by atoms with E-state index in [1.54, 1.807) is 28.0 Å². The van der Waals surface area contributed by atoms with E-state index in [0.717, 1.165) is 38.5 Å². The third-order valence-corrected chi connectivity index (χ3v) is 8.59. The van der Waals surface area contributed by atoms with Crippen molar-refractivity contribution in [3.05, 3.63) is 87.6 Å². The topological polar surface area (TPSA) is 67.2 Å². The lowest BCUT2D eigenvalue weighted by atomic mass is 10.0. The zero-order chi connectivity index (χ0) is 26.1. The molecule has 5 rings (SSSR count). The van der Waals surface area contributed by atoms with Crippen LogP contribution in [-0.2, 0) is 9.59 Å². The number of benzene rings is 2. The molecular weight excluding hydrogens is 500 g/mol. The van der Waals surface area contributed by atoms with E-state index in [1.165, 1.54) is 0 Å². The number of amides is 2. The number of thiophene rings is 1. The molecule has 2 aromatic carbocycles. The smallest absolute Gasteiger partial charge is 0.240 e. The van der Waals surface area contributed by atoms with Crippen LogP contribution in [0.4, 0.5) is 5.82 Å². The molecule has 0 aliphatic carbocycles. The zero-order valence-corrected chi connectivity index (χ0v) is 23.0. The highest BCUT2D eigenvalue weighted by molar-refractivity contribution is 8.00. The van der Waals surface area contributed by atoms with Crippen molar-refractivity contribution in [2.75, 3.05) is 17.2 Å². The molecule has 0 saturated heterocycles. The Bertz CT molecular complexity index is 1430. The van der Waals surface area contributed by atoms with E-state index in [-0.39, 0.29) is 35.4 Å². The number of aryl methyl sites for hydroxylation is 2. The molecule has 1 aliphatic heterocycles. The van der Waals surface area contributed by atoms with Gasteiger partial charge in [-0.05, 0) is 50.8 Å². The van der Waals surface area contributed by atoms with Crippen molar-refractivity contribution in [2.45, 2.75) is 39.0 Å². The second kappa shape index (κ2) is 10.6. The number of rotatable bonds is 6. The molecule has 0 bridgehead atoms. The average molecular weight is 531 g/mol. The van der Waals surface area contributed by atoms with Gasteiger partial charge < -0.3 is 5.32 Å². The van der Waals surface area contributed by atoms with Gasteiger partial charge in [0, 0.05) is 22.0 Å². The Morgan fingerprint density at radius 2 is 1.89 bits per heavy atom. The van der Waals surface area contributed by atoms with Crippen molar-refractivity contribution in [2.24, 2.45) is 0 Å². The molecule has 1 atom stereocenters. The van der Waals surface area contributed by atoms with Crippen molar-refractivity contribution >= 4 is 40.7 Å². The van der Waals surface area contributed by atoms with Gasteiger partial charge in [0.15, 0.2) is 0 Å². The summed E-state index contributed by atoms with van der Waals surface area (Å²) in [5.74, 6) is 0.643. The van der Waals surface area contributed by atoms with Crippen LogP contribution in [0.25, 0.3) is 16.9 Å². The number of hydrogen-bond donors (Lipinski definition) is 1. The second-order valence-electron chi connectivity index (χ2n) is 9.56. The van der Waals surface area contributed by atoms with Gasteiger partial charge in [-0.25, -0.2) is 4.68 Å². The SMILES string of the molecule is Cc1ccc(-n2nc(-c3ccccc3)c3c2N(CC(=O)NC(C)C)C(=O)CSC3c2cccs2)c(C)c1. The third-order valence-electron chi connectivity index (χ3n) is 6.27. The third kappa shape index (κ3) is 5.08. The van der Waals surface area contributed by atoms with Gasteiger partial charge >= 0.3 is 0 Å². The molecule has 4 aromatic rings. The Morgan fingerprint density at radius 1 is 1.11 bits per heavy atom. The number of thioether (sulfide) groups is 1. The summed E-state index contributed by atoms with van der Waals surface area (Å²) in [6.07, 6.45) is 0. The molecule has 1 aliphatic rings. The van der Waals surface area contributed by atoms with Crippen LogP contribution in [0.2, 0.25) is 0 Å². The van der Waals surface area contributed by atoms with E-state index in [4.69, 9.17) is 5.10 Å². The molecule has 3 heterocycles. The summed E-state index contributed by atoms with van der Waals surface area (Å²) in [6, 6.07) is 20.4. The number of carbonyl (C=O) groups is 2. The predicted molar refractivity (Wildman–Crippen MR) is 153 cm³/mol. The summed E-state index contributed by atoms with van der Waals surface area (Å²) in [7, 11) is 0. The van der Waals surface area contributed by atoms with E-state index in [9.17, 15) is 9.59 Å². The van der Waals surface area contributed by atoms with Crippen molar-refractivity contribution in [1.82, 2.24) is 15.1 Å². The first-order chi connectivity index (χ1) is 17.8. The highest BCUT2D eigenvalue weighted by atomic mass is 32.2. The normalized spacial score (nSPS) is 15.5. The molecule has 6 nitrogen and oxygen atoms in total. The fraction of sp³-hybridized carbons (Fsp3) is 0.276. The molecule has 0 saturated carbocycles. The van der Waals surface area contributed by atoms with Gasteiger partial charge in [-0.3, -0.25) is 14.5 Å². The van der Waals surface area contributed by atoms with Crippen LogP contribution in [0.5, 0.6) is 0 Å². The van der Waals surface area contributed by atoms with Crippen LogP contribution >= 0.6 is 23.1 Å². The summed E-state index contributed by atoms with van der Waals surface area (Å²) < 4.78 is 1.87. The van der Waals surface area contributed by atoms with Crippen molar-refractivity contribution in [1.29, 1.82) is 0 Å². The summed E-state index contributed by atoms with van der Waals surface area (Å²) in [5, 5.41) is 10.1. The van der Waals surface area contributed by atoms with Gasteiger partial charge in [-0.15, -0.1) is 23.1 Å². The molecule has 190 valence electrons. The Balaban J connectivity index is 1.81. The number of nitrogens with one attached hydrogen (secondary N) is 1. The van der Waals surface area contributed by atoms with E-state index in [1.807, 2.05) is 61.0 Å². The maximum Gasteiger partial charge on any atom is 0.240 e. The molecule has 0 spiro atoms. The average Bonchev–Trinajstić information content (AvgIpc) is 3.49. The van der Waals surface area contributed by atoms with E-state index in [2.05, 4.69) is 42.7 Å². The quantitative estimate of drug-likeness (QED) is 0.337. The Kier molecular flexibility index (Phi) is 7.22. The van der Waals surface area contributed by atoms with Gasteiger partial charge in [-0.2, -0.15) is 5.10 Å². The summed E-state index contributed by atoms with van der Waals surface area (Å²) >= 11 is 3.27. The van der Waals surface area contributed by atoms with Gasteiger partial charge in [0.05, 0.1) is 22.4 Å². The first-order valence-electron chi connectivity index (χ1n) is 12.3. The van der Waals surface area contributed by atoms with Gasteiger partial charge in [0.2, 0.25) is 11.8 Å². The molecule has 0 radical (unpaired) electrons. The van der Waals surface area contributed by atoms with Crippen LogP contribution < -0.4 is 10.2 Å². The van der Waals surface area contributed by atoms with Crippen LogP contribution in [-0.4, -0.2) is 39.9 Å². The molecule has 8 heteroatoms. The maximum atomic E-state index is 13.7. The predicted octanol–water partition coefficient (Wildman–Crippen LogP) is 5.91. The van der Waals surface area contributed by atoms with Crippen LogP contribution in [0.3, 0.4) is 0 Å². The fourth-order valence-corrected chi connectivity index (χ4v) is 6.89. The first-order valence-corrected chi connectivity index (χ1v) is 14.3. The van der Waals surface area contributed by atoms with Gasteiger partial charge in [0.25, 0.3) is 0 Å². The highest BCUT2D eigenvalue weighted by Gasteiger charge is 2.38. The van der Waals surface area contributed by atoms with Crippen molar-refractivity contribution in [3.63, 3.8) is 0 Å². The van der Waals surface area contributed by atoms with E-state index >= 15 is 0 Å². The number of nitrogens with zero attached hydrogens (tertiary/aromatic N) is 3. The number of fused-ring (bicyclic) bond motifs is 1. The number of aromatic nitrogens is 2. The zero-order valence-electron chi connectivity index (χ0n) is 21.4. The fourth-order valence-electron chi connectivity index (χ4n) is 4.72. The molecule has 2 amide bonds. The Hall–Kier alpha value is -3.36. The minimum absolute atomic E-state index is 0.0218. The highest BCUT2D eigenvalue weighted by Crippen LogP contribution is 2.49. The van der Waals surface area contributed by atoms with Gasteiger partial charge in [0.1, 0.15) is 12.4 Å². The molecule has 37 heavy (non-hydrogen) atoms. The van der Waals surface area contributed by atoms with Crippen LogP contribution in [0.15, 0.2) is 66.0 Å². The van der Waals surface area contributed by atoms with Crippen molar-refractivity contribution < 1.29 is 9.59 Å². The molecule has 0 fully saturated rings. The Morgan fingerprint density at radius 3 is 2.57 bits per heavy atom. The van der Waals surface area contributed by atoms with Crippen LogP contribution in [0, 0.1) is 13.8 Å².